The zero-order valence-corrected chi connectivity index (χ0v) is 18.0. The maximum atomic E-state index is 12.7. The summed E-state index contributed by atoms with van der Waals surface area (Å²) in [5.74, 6) is 0.813. The van der Waals surface area contributed by atoms with Crippen LogP contribution in [0.5, 0.6) is 5.75 Å². The third-order valence-corrected chi connectivity index (χ3v) is 5.85. The number of carbonyl (C=O) groups excluding carboxylic acids is 2. The number of hydrogen-bond acceptors (Lipinski definition) is 4. The van der Waals surface area contributed by atoms with Gasteiger partial charge in [-0.2, -0.15) is 0 Å². The molecule has 6 nitrogen and oxygen atoms in total. The van der Waals surface area contributed by atoms with Gasteiger partial charge in [0.05, 0.1) is 18.4 Å². The average molecular weight is 418 g/mol. The predicted molar refractivity (Wildman–Crippen MR) is 121 cm³/mol. The number of methoxy groups -OCH3 is 1. The Hall–Kier alpha value is -3.54. The molecule has 0 radical (unpaired) electrons. The van der Waals surface area contributed by atoms with Crippen molar-refractivity contribution in [1.82, 2.24) is 0 Å². The van der Waals surface area contributed by atoms with Gasteiger partial charge in [0.15, 0.2) is 0 Å². The van der Waals surface area contributed by atoms with E-state index in [-0.39, 0.29) is 11.5 Å². The van der Waals surface area contributed by atoms with Crippen LogP contribution >= 0.6 is 0 Å². The number of anilines is 1. The summed E-state index contributed by atoms with van der Waals surface area (Å²) in [4.78, 5) is 24.3. The van der Waals surface area contributed by atoms with Gasteiger partial charge in [0.2, 0.25) is 5.91 Å². The number of furan rings is 1. The van der Waals surface area contributed by atoms with Crippen LogP contribution in [0.25, 0.3) is 16.5 Å². The molecule has 0 saturated carbocycles. The molecule has 0 spiro atoms. The van der Waals surface area contributed by atoms with E-state index in [9.17, 15) is 9.59 Å². The second kappa shape index (κ2) is 8.30. The highest BCUT2D eigenvalue weighted by atomic mass is 16.5. The molecule has 0 fully saturated rings. The van der Waals surface area contributed by atoms with Crippen LogP contribution in [0.2, 0.25) is 0 Å². The molecule has 3 aromatic rings. The Labute approximate surface area is 181 Å². The molecule has 160 valence electrons. The minimum absolute atomic E-state index is 0.266. The number of amides is 2. The SMILES string of the molecule is COc1c(/C(C)=C/C(=O)Nc2ccccc2C(N)=O)cc2c3c(oc2c1C)CCCC3. The van der Waals surface area contributed by atoms with Gasteiger partial charge in [0.1, 0.15) is 17.1 Å². The first-order valence-corrected chi connectivity index (χ1v) is 10.4. The Morgan fingerprint density at radius 1 is 1.16 bits per heavy atom. The first-order chi connectivity index (χ1) is 14.9. The van der Waals surface area contributed by atoms with Crippen LogP contribution in [-0.2, 0) is 17.6 Å². The molecule has 6 heteroatoms. The highest BCUT2D eigenvalue weighted by Crippen LogP contribution is 2.41. The maximum absolute atomic E-state index is 12.7. The summed E-state index contributed by atoms with van der Waals surface area (Å²) >= 11 is 0. The van der Waals surface area contributed by atoms with Gasteiger partial charge in [-0.1, -0.05) is 12.1 Å². The fourth-order valence-electron chi connectivity index (χ4n) is 4.34. The van der Waals surface area contributed by atoms with Gasteiger partial charge in [-0.3, -0.25) is 9.59 Å². The number of para-hydroxylation sites is 1. The molecule has 3 N–H and O–H groups in total. The smallest absolute Gasteiger partial charge is 0.250 e. The molecule has 1 heterocycles. The average Bonchev–Trinajstić information content (AvgIpc) is 3.13. The molecule has 4 rings (SSSR count). The lowest BCUT2D eigenvalue weighted by molar-refractivity contribution is -0.111. The van der Waals surface area contributed by atoms with E-state index in [1.54, 1.807) is 31.4 Å². The van der Waals surface area contributed by atoms with Crippen molar-refractivity contribution in [2.24, 2.45) is 5.73 Å². The second-order valence-electron chi connectivity index (χ2n) is 7.90. The third-order valence-electron chi connectivity index (χ3n) is 5.85. The number of benzene rings is 2. The van der Waals surface area contributed by atoms with Crippen molar-refractivity contribution >= 4 is 34.0 Å². The lowest BCUT2D eigenvalue weighted by atomic mass is 9.93. The molecule has 1 aliphatic rings. The highest BCUT2D eigenvalue weighted by Gasteiger charge is 2.23. The first-order valence-electron chi connectivity index (χ1n) is 10.4. The van der Waals surface area contributed by atoms with Crippen LogP contribution in [-0.4, -0.2) is 18.9 Å². The maximum Gasteiger partial charge on any atom is 0.250 e. The number of nitrogens with one attached hydrogen (secondary N) is 1. The highest BCUT2D eigenvalue weighted by molar-refractivity contribution is 6.08. The van der Waals surface area contributed by atoms with Crippen LogP contribution in [0.1, 0.15) is 52.6 Å². The fourth-order valence-corrected chi connectivity index (χ4v) is 4.34. The lowest BCUT2D eigenvalue weighted by Crippen LogP contribution is -2.17. The fraction of sp³-hybridized carbons (Fsp3) is 0.280. The van der Waals surface area contributed by atoms with Crippen LogP contribution in [0.4, 0.5) is 5.69 Å². The van der Waals surface area contributed by atoms with Gasteiger partial charge in [-0.15, -0.1) is 0 Å². The summed E-state index contributed by atoms with van der Waals surface area (Å²) in [6.07, 6.45) is 5.76. The van der Waals surface area contributed by atoms with E-state index < -0.39 is 5.91 Å². The van der Waals surface area contributed by atoms with Crippen molar-refractivity contribution < 1.29 is 18.7 Å². The molecule has 2 amide bonds. The summed E-state index contributed by atoms with van der Waals surface area (Å²) < 4.78 is 11.9. The predicted octanol–water partition coefficient (Wildman–Crippen LogP) is 4.77. The summed E-state index contributed by atoms with van der Waals surface area (Å²) in [6, 6.07) is 8.73. The van der Waals surface area contributed by atoms with Gasteiger partial charge >= 0.3 is 0 Å². The van der Waals surface area contributed by atoms with Gasteiger partial charge in [0.25, 0.3) is 5.91 Å². The molecule has 0 bridgehead atoms. The standard InChI is InChI=1S/C25H26N2O4/c1-14(12-22(28)27-20-10-6-4-9-17(20)25(26)29)18-13-19-16-8-5-7-11-21(16)31-24(19)15(2)23(18)30-3/h4,6,9-10,12-13H,5,7-8,11H2,1-3H3,(H2,26,29)(H,27,28)/b14-12+. The van der Waals surface area contributed by atoms with Gasteiger partial charge in [-0.05, 0) is 56.9 Å². The number of aryl methyl sites for hydroxylation is 3. The Bertz CT molecular complexity index is 1220. The molecular weight excluding hydrogens is 392 g/mol. The molecule has 1 aromatic heterocycles. The molecular formula is C25H26N2O4. The monoisotopic (exact) mass is 418 g/mol. The molecule has 0 atom stereocenters. The van der Waals surface area contributed by atoms with E-state index in [4.69, 9.17) is 14.9 Å². The van der Waals surface area contributed by atoms with Crippen LogP contribution in [0, 0.1) is 6.92 Å². The number of allylic oxidation sites excluding steroid dienone is 1. The van der Waals surface area contributed by atoms with Crippen molar-refractivity contribution in [1.29, 1.82) is 0 Å². The van der Waals surface area contributed by atoms with E-state index >= 15 is 0 Å². The first kappa shape index (κ1) is 20.7. The second-order valence-corrected chi connectivity index (χ2v) is 7.90. The summed E-state index contributed by atoms with van der Waals surface area (Å²) in [7, 11) is 1.62. The lowest BCUT2D eigenvalue weighted by Gasteiger charge is -2.14. The number of fused-ring (bicyclic) bond motifs is 3. The van der Waals surface area contributed by atoms with E-state index in [1.165, 1.54) is 11.6 Å². The number of rotatable bonds is 5. The molecule has 0 aliphatic heterocycles. The normalized spacial score (nSPS) is 13.7. The third kappa shape index (κ3) is 3.81. The summed E-state index contributed by atoms with van der Waals surface area (Å²) in [6.45, 7) is 3.85. The molecule has 0 saturated heterocycles. The number of carbonyl (C=O) groups is 2. The number of nitrogens with two attached hydrogens (primary N) is 1. The van der Waals surface area contributed by atoms with E-state index in [0.29, 0.717) is 11.4 Å². The largest absolute Gasteiger partial charge is 0.496 e. The van der Waals surface area contributed by atoms with Crippen molar-refractivity contribution in [3.8, 4) is 5.75 Å². The topological polar surface area (TPSA) is 94.6 Å². The van der Waals surface area contributed by atoms with Gasteiger partial charge < -0.3 is 20.2 Å². The Morgan fingerprint density at radius 2 is 1.90 bits per heavy atom. The minimum atomic E-state index is -0.593. The zero-order valence-electron chi connectivity index (χ0n) is 18.0. The van der Waals surface area contributed by atoms with Crippen molar-refractivity contribution in [2.75, 3.05) is 12.4 Å². The summed E-state index contributed by atoms with van der Waals surface area (Å²) in [5.41, 5.74) is 10.7. The number of primary amides is 1. The van der Waals surface area contributed by atoms with Crippen LogP contribution < -0.4 is 15.8 Å². The van der Waals surface area contributed by atoms with Crippen molar-refractivity contribution in [3.05, 3.63) is 64.4 Å². The molecule has 2 aromatic carbocycles. The Kier molecular flexibility index (Phi) is 5.55. The Morgan fingerprint density at radius 3 is 2.65 bits per heavy atom. The van der Waals surface area contributed by atoms with E-state index in [1.807, 2.05) is 13.8 Å². The quantitative estimate of drug-likeness (QED) is 0.584. The molecule has 1 aliphatic carbocycles. The van der Waals surface area contributed by atoms with Crippen molar-refractivity contribution in [2.45, 2.75) is 39.5 Å². The zero-order chi connectivity index (χ0) is 22.1. The number of hydrogen-bond donors (Lipinski definition) is 2. The van der Waals surface area contributed by atoms with Crippen molar-refractivity contribution in [3.63, 3.8) is 0 Å². The Balaban J connectivity index is 1.73. The van der Waals surface area contributed by atoms with Gasteiger partial charge in [0, 0.05) is 34.6 Å². The van der Waals surface area contributed by atoms with Crippen LogP contribution in [0.3, 0.4) is 0 Å². The van der Waals surface area contributed by atoms with Crippen LogP contribution in [0.15, 0.2) is 40.8 Å². The minimum Gasteiger partial charge on any atom is -0.496 e. The summed E-state index contributed by atoms with van der Waals surface area (Å²) in [5, 5.41) is 3.84. The van der Waals surface area contributed by atoms with Gasteiger partial charge in [-0.25, -0.2) is 0 Å². The molecule has 31 heavy (non-hydrogen) atoms. The molecule has 0 unspecified atom stereocenters. The number of ether oxygens (including phenoxy) is 1. The van der Waals surface area contributed by atoms with E-state index in [0.717, 1.165) is 59.1 Å². The van der Waals surface area contributed by atoms with E-state index in [2.05, 4.69) is 11.4 Å².